The monoisotopic (exact) mass is 361 g/mol. The SMILES string of the molecule is O=C1C=CC(=O)OC2(CCCCN2CCCC(=O)c2ccc(F)cc2)O1. The highest BCUT2D eigenvalue weighted by molar-refractivity contribution is 5.96. The molecule has 2 aliphatic rings. The topological polar surface area (TPSA) is 72.9 Å². The summed E-state index contributed by atoms with van der Waals surface area (Å²) >= 11 is 0. The average Bonchev–Trinajstić information content (AvgIpc) is 2.75. The number of benzene rings is 1. The number of nitrogens with zero attached hydrogens (tertiary/aromatic N) is 1. The second-order valence-electron chi connectivity index (χ2n) is 6.37. The van der Waals surface area contributed by atoms with Crippen molar-refractivity contribution in [2.45, 2.75) is 38.0 Å². The van der Waals surface area contributed by atoms with Gasteiger partial charge in [-0.2, -0.15) is 0 Å². The molecule has 0 aliphatic carbocycles. The van der Waals surface area contributed by atoms with E-state index in [-0.39, 0.29) is 18.0 Å². The number of likely N-dealkylation sites (tertiary alicyclic amines) is 1. The number of Topliss-reactive ketones (excluding diaryl/α,β-unsaturated/α-hetero) is 1. The van der Waals surface area contributed by atoms with E-state index in [9.17, 15) is 18.8 Å². The van der Waals surface area contributed by atoms with Crippen LogP contribution in [-0.2, 0) is 19.1 Å². The molecular formula is C19H20FNO5. The van der Waals surface area contributed by atoms with Crippen LogP contribution in [0.15, 0.2) is 36.4 Å². The summed E-state index contributed by atoms with van der Waals surface area (Å²) < 4.78 is 23.8. The van der Waals surface area contributed by atoms with Crippen LogP contribution in [0, 0.1) is 5.82 Å². The van der Waals surface area contributed by atoms with Crippen LogP contribution in [0.2, 0.25) is 0 Å². The summed E-state index contributed by atoms with van der Waals surface area (Å²) in [4.78, 5) is 37.6. The number of esters is 2. The second kappa shape index (κ2) is 7.78. The van der Waals surface area contributed by atoms with Gasteiger partial charge in [-0.1, -0.05) is 0 Å². The predicted molar refractivity (Wildman–Crippen MR) is 89.4 cm³/mol. The molecule has 7 heteroatoms. The summed E-state index contributed by atoms with van der Waals surface area (Å²) in [5.74, 6) is -3.11. The number of hydrogen-bond acceptors (Lipinski definition) is 6. The maximum atomic E-state index is 12.9. The number of ketones is 1. The lowest BCUT2D eigenvalue weighted by atomic mass is 10.0. The fourth-order valence-electron chi connectivity index (χ4n) is 3.24. The molecule has 1 fully saturated rings. The average molecular weight is 361 g/mol. The van der Waals surface area contributed by atoms with E-state index in [1.807, 2.05) is 0 Å². The Morgan fingerprint density at radius 3 is 2.38 bits per heavy atom. The van der Waals surface area contributed by atoms with E-state index < -0.39 is 17.8 Å². The summed E-state index contributed by atoms with van der Waals surface area (Å²) in [6.07, 6.45) is 4.93. The van der Waals surface area contributed by atoms with Gasteiger partial charge in [0.15, 0.2) is 5.78 Å². The predicted octanol–water partition coefficient (Wildman–Crippen LogP) is 2.58. The van der Waals surface area contributed by atoms with Crippen LogP contribution >= 0.6 is 0 Å². The first-order valence-corrected chi connectivity index (χ1v) is 8.66. The van der Waals surface area contributed by atoms with Crippen molar-refractivity contribution in [3.8, 4) is 0 Å². The molecule has 0 amide bonds. The van der Waals surface area contributed by atoms with Gasteiger partial charge in [0.25, 0.3) is 0 Å². The lowest BCUT2D eigenvalue weighted by molar-refractivity contribution is -0.293. The number of halogens is 1. The van der Waals surface area contributed by atoms with Gasteiger partial charge in [-0.05, 0) is 43.5 Å². The van der Waals surface area contributed by atoms with Gasteiger partial charge in [0, 0.05) is 43.6 Å². The third-order valence-corrected chi connectivity index (χ3v) is 4.53. The van der Waals surface area contributed by atoms with E-state index in [0.29, 0.717) is 31.5 Å². The molecule has 1 aromatic rings. The minimum Gasteiger partial charge on any atom is -0.405 e. The molecule has 0 unspecified atom stereocenters. The van der Waals surface area contributed by atoms with E-state index in [0.717, 1.165) is 25.0 Å². The molecule has 0 saturated carbocycles. The van der Waals surface area contributed by atoms with Crippen molar-refractivity contribution in [3.63, 3.8) is 0 Å². The maximum absolute atomic E-state index is 12.9. The number of ether oxygens (including phenoxy) is 2. The zero-order valence-corrected chi connectivity index (χ0v) is 14.3. The van der Waals surface area contributed by atoms with Crippen LogP contribution in [0.1, 0.15) is 42.5 Å². The molecule has 138 valence electrons. The molecule has 6 nitrogen and oxygen atoms in total. The van der Waals surface area contributed by atoms with E-state index in [4.69, 9.17) is 9.47 Å². The summed E-state index contributed by atoms with van der Waals surface area (Å²) in [6, 6.07) is 5.43. The Labute approximate surface area is 150 Å². The molecule has 3 rings (SSSR count). The minimum absolute atomic E-state index is 0.0902. The fourth-order valence-corrected chi connectivity index (χ4v) is 3.24. The first kappa shape index (κ1) is 18.3. The van der Waals surface area contributed by atoms with Gasteiger partial charge in [0.1, 0.15) is 5.82 Å². The largest absolute Gasteiger partial charge is 0.405 e. The molecule has 1 spiro atoms. The van der Waals surface area contributed by atoms with Gasteiger partial charge in [-0.3, -0.25) is 4.79 Å². The quantitative estimate of drug-likeness (QED) is 0.593. The summed E-state index contributed by atoms with van der Waals surface area (Å²) in [6.45, 7) is 1.04. The van der Waals surface area contributed by atoms with E-state index in [2.05, 4.69) is 0 Å². The van der Waals surface area contributed by atoms with Crippen molar-refractivity contribution >= 4 is 17.7 Å². The van der Waals surface area contributed by atoms with E-state index in [1.54, 1.807) is 4.90 Å². The fraction of sp³-hybridized carbons (Fsp3) is 0.421. The Balaban J connectivity index is 1.62. The third-order valence-electron chi connectivity index (χ3n) is 4.53. The van der Waals surface area contributed by atoms with Crippen LogP contribution in [0.3, 0.4) is 0 Å². The molecule has 1 aromatic carbocycles. The van der Waals surface area contributed by atoms with Crippen molar-refractivity contribution in [2.75, 3.05) is 13.1 Å². The normalized spacial score (nSPS) is 19.7. The molecule has 0 aromatic heterocycles. The lowest BCUT2D eigenvalue weighted by Gasteiger charge is -2.43. The number of rotatable bonds is 5. The molecule has 26 heavy (non-hydrogen) atoms. The van der Waals surface area contributed by atoms with Crippen molar-refractivity contribution in [2.24, 2.45) is 0 Å². The first-order valence-electron chi connectivity index (χ1n) is 8.66. The molecule has 0 radical (unpaired) electrons. The number of hydrogen-bond donors (Lipinski definition) is 0. The number of carbonyl (C=O) groups excluding carboxylic acids is 3. The maximum Gasteiger partial charge on any atom is 0.335 e. The molecule has 0 atom stereocenters. The smallest absolute Gasteiger partial charge is 0.335 e. The highest BCUT2D eigenvalue weighted by Crippen LogP contribution is 2.33. The molecular weight excluding hydrogens is 341 g/mol. The van der Waals surface area contributed by atoms with Gasteiger partial charge < -0.3 is 9.47 Å². The number of carbonyl (C=O) groups is 3. The van der Waals surface area contributed by atoms with Crippen LogP contribution < -0.4 is 0 Å². The first-order chi connectivity index (χ1) is 12.5. The molecule has 0 bridgehead atoms. The Hall–Kier alpha value is -2.54. The zero-order chi connectivity index (χ0) is 18.6. The van der Waals surface area contributed by atoms with Crippen molar-refractivity contribution < 1.29 is 28.2 Å². The molecule has 2 aliphatic heterocycles. The zero-order valence-electron chi connectivity index (χ0n) is 14.3. The highest BCUT2D eigenvalue weighted by atomic mass is 19.1. The highest BCUT2D eigenvalue weighted by Gasteiger charge is 2.46. The molecule has 2 heterocycles. The van der Waals surface area contributed by atoms with Gasteiger partial charge in [-0.25, -0.2) is 18.9 Å². The van der Waals surface area contributed by atoms with Gasteiger partial charge in [0.05, 0.1) is 0 Å². The van der Waals surface area contributed by atoms with E-state index in [1.165, 1.54) is 24.3 Å². The Morgan fingerprint density at radius 2 is 1.73 bits per heavy atom. The summed E-state index contributed by atoms with van der Waals surface area (Å²) in [5, 5.41) is 0. The molecule has 0 N–H and O–H groups in total. The van der Waals surface area contributed by atoms with Crippen molar-refractivity contribution in [1.29, 1.82) is 0 Å². The van der Waals surface area contributed by atoms with Crippen LogP contribution in [0.25, 0.3) is 0 Å². The van der Waals surface area contributed by atoms with E-state index >= 15 is 0 Å². The summed E-state index contributed by atoms with van der Waals surface area (Å²) in [5.41, 5.74) is 0.455. The Morgan fingerprint density at radius 1 is 1.08 bits per heavy atom. The second-order valence-corrected chi connectivity index (χ2v) is 6.37. The van der Waals surface area contributed by atoms with Crippen molar-refractivity contribution in [1.82, 2.24) is 4.90 Å². The Kier molecular flexibility index (Phi) is 5.46. The van der Waals surface area contributed by atoms with Crippen LogP contribution in [0.4, 0.5) is 4.39 Å². The van der Waals surface area contributed by atoms with Crippen molar-refractivity contribution in [3.05, 3.63) is 47.8 Å². The lowest BCUT2D eigenvalue weighted by Crippen LogP contribution is -2.56. The third kappa shape index (κ3) is 4.16. The minimum atomic E-state index is -1.39. The standard InChI is InChI=1S/C19H20FNO5/c20-15-7-5-14(6-8-15)16(22)4-3-13-21-12-2-1-11-19(21)25-17(23)9-10-18(24)26-19/h5-10H,1-4,11-13H2. The van der Waals surface area contributed by atoms with Gasteiger partial charge in [0.2, 0.25) is 0 Å². The number of piperidine rings is 1. The van der Waals surface area contributed by atoms with Gasteiger partial charge >= 0.3 is 17.8 Å². The van der Waals surface area contributed by atoms with Gasteiger partial charge in [-0.15, -0.1) is 0 Å². The molecule has 1 saturated heterocycles. The van der Waals surface area contributed by atoms with Crippen LogP contribution in [-0.4, -0.2) is 41.6 Å². The summed E-state index contributed by atoms with van der Waals surface area (Å²) in [7, 11) is 0. The Bertz CT molecular complexity index is 708. The van der Waals surface area contributed by atoms with Crippen LogP contribution in [0.5, 0.6) is 0 Å².